The molecule has 116 valence electrons. The van der Waals surface area contributed by atoms with Gasteiger partial charge in [0.05, 0.1) is 6.04 Å². The molecule has 1 fully saturated rings. The molecule has 5 heteroatoms. The highest BCUT2D eigenvalue weighted by Gasteiger charge is 2.28. The molecule has 0 spiro atoms. The largest absolute Gasteiger partial charge is 0.363 e. The molecule has 1 aromatic carbocycles. The molecule has 3 aromatic rings. The first-order chi connectivity index (χ1) is 11.3. The van der Waals surface area contributed by atoms with Gasteiger partial charge in [0.25, 0.3) is 0 Å². The Balaban J connectivity index is 1.64. The van der Waals surface area contributed by atoms with Crippen LogP contribution in [0, 0.1) is 5.92 Å². The molecule has 2 aromatic heterocycles. The summed E-state index contributed by atoms with van der Waals surface area (Å²) in [6.45, 7) is 0. The molecule has 2 heterocycles. The first-order valence-electron chi connectivity index (χ1n) is 7.89. The maximum atomic E-state index is 6.02. The van der Waals surface area contributed by atoms with E-state index < -0.39 is 0 Å². The van der Waals surface area contributed by atoms with Crippen molar-refractivity contribution in [2.45, 2.75) is 25.3 Å². The Hall–Kier alpha value is -2.20. The van der Waals surface area contributed by atoms with Gasteiger partial charge in [0.2, 0.25) is 0 Å². The molecule has 1 aliphatic rings. The van der Waals surface area contributed by atoms with Crippen LogP contribution in [0.5, 0.6) is 0 Å². The zero-order valence-electron chi connectivity index (χ0n) is 12.6. The second kappa shape index (κ2) is 6.13. The fourth-order valence-electron chi connectivity index (χ4n) is 3.01. The van der Waals surface area contributed by atoms with Gasteiger partial charge >= 0.3 is 0 Å². The number of rotatable bonds is 4. The van der Waals surface area contributed by atoms with Crippen LogP contribution in [0.1, 0.15) is 30.9 Å². The van der Waals surface area contributed by atoms with Crippen molar-refractivity contribution in [1.82, 2.24) is 15.0 Å². The van der Waals surface area contributed by atoms with E-state index in [0.717, 1.165) is 16.4 Å². The van der Waals surface area contributed by atoms with E-state index in [1.54, 1.807) is 12.4 Å². The van der Waals surface area contributed by atoms with Crippen LogP contribution in [-0.2, 0) is 0 Å². The third kappa shape index (κ3) is 2.99. The molecule has 1 aliphatic carbocycles. The van der Waals surface area contributed by atoms with Gasteiger partial charge in [-0.2, -0.15) is 0 Å². The zero-order chi connectivity index (χ0) is 15.6. The van der Waals surface area contributed by atoms with E-state index in [1.165, 1.54) is 24.8 Å². The second-order valence-electron chi connectivity index (χ2n) is 5.96. The number of nitrogens with zero attached hydrogens (tertiary/aromatic N) is 3. The lowest BCUT2D eigenvalue weighted by atomic mass is 9.77. The van der Waals surface area contributed by atoms with Crippen LogP contribution in [0.4, 0.5) is 5.82 Å². The summed E-state index contributed by atoms with van der Waals surface area (Å²) in [7, 11) is 0. The molecule has 0 bridgehead atoms. The lowest BCUT2D eigenvalue weighted by Crippen LogP contribution is -2.26. The van der Waals surface area contributed by atoms with Crippen LogP contribution in [0.3, 0.4) is 0 Å². The SMILES string of the molecule is Clc1ccc(C(Nc2ccc3nccnc3n2)C2CCC2)cc1. The molecular formula is C18H17ClN4. The number of fused-ring (bicyclic) bond motifs is 1. The summed E-state index contributed by atoms with van der Waals surface area (Å²) in [6, 6.07) is 12.3. The number of benzene rings is 1. The van der Waals surface area contributed by atoms with E-state index in [2.05, 4.69) is 32.4 Å². The van der Waals surface area contributed by atoms with Crippen LogP contribution >= 0.6 is 11.6 Å². The van der Waals surface area contributed by atoms with Crippen molar-refractivity contribution in [3.8, 4) is 0 Å². The van der Waals surface area contributed by atoms with Crippen molar-refractivity contribution in [1.29, 1.82) is 0 Å². The van der Waals surface area contributed by atoms with Crippen molar-refractivity contribution in [3.05, 3.63) is 59.4 Å². The molecule has 4 rings (SSSR count). The Labute approximate surface area is 140 Å². The molecule has 0 aliphatic heterocycles. The molecule has 1 unspecified atom stereocenters. The molecule has 4 nitrogen and oxygen atoms in total. The average molecular weight is 325 g/mol. The number of hydrogen-bond donors (Lipinski definition) is 1. The quantitative estimate of drug-likeness (QED) is 0.760. The van der Waals surface area contributed by atoms with Gasteiger partial charge in [-0.3, -0.25) is 4.98 Å². The number of nitrogens with one attached hydrogen (secondary N) is 1. The van der Waals surface area contributed by atoms with Crippen molar-refractivity contribution < 1.29 is 0 Å². The van der Waals surface area contributed by atoms with Gasteiger partial charge in [-0.25, -0.2) is 9.97 Å². The van der Waals surface area contributed by atoms with E-state index in [-0.39, 0.29) is 6.04 Å². The monoisotopic (exact) mass is 324 g/mol. The Morgan fingerprint density at radius 2 is 1.78 bits per heavy atom. The van der Waals surface area contributed by atoms with Crippen molar-refractivity contribution in [3.63, 3.8) is 0 Å². The third-order valence-corrected chi connectivity index (χ3v) is 4.74. The Morgan fingerprint density at radius 3 is 2.52 bits per heavy atom. The molecule has 1 saturated carbocycles. The highest BCUT2D eigenvalue weighted by atomic mass is 35.5. The summed E-state index contributed by atoms with van der Waals surface area (Å²) >= 11 is 6.02. The van der Waals surface area contributed by atoms with Gasteiger partial charge in [-0.05, 0) is 48.6 Å². The fourth-order valence-corrected chi connectivity index (χ4v) is 3.14. The number of pyridine rings is 1. The van der Waals surface area contributed by atoms with Crippen LogP contribution in [-0.4, -0.2) is 15.0 Å². The third-order valence-electron chi connectivity index (χ3n) is 4.49. The molecule has 0 radical (unpaired) electrons. The maximum absolute atomic E-state index is 6.02. The predicted molar refractivity (Wildman–Crippen MR) is 92.5 cm³/mol. The summed E-state index contributed by atoms with van der Waals surface area (Å²) in [5, 5.41) is 4.35. The minimum Gasteiger partial charge on any atom is -0.363 e. The molecule has 23 heavy (non-hydrogen) atoms. The second-order valence-corrected chi connectivity index (χ2v) is 6.40. The van der Waals surface area contributed by atoms with Crippen molar-refractivity contribution >= 4 is 28.6 Å². The first kappa shape index (κ1) is 14.4. The predicted octanol–water partition coefficient (Wildman–Crippen LogP) is 4.63. The van der Waals surface area contributed by atoms with E-state index in [4.69, 9.17) is 11.6 Å². The minimum absolute atomic E-state index is 0.252. The average Bonchev–Trinajstić information content (AvgIpc) is 2.53. The molecule has 0 amide bonds. The summed E-state index contributed by atoms with van der Waals surface area (Å²) < 4.78 is 0. The number of halogens is 1. The van der Waals surface area contributed by atoms with E-state index in [1.807, 2.05) is 24.3 Å². The number of aromatic nitrogens is 3. The lowest BCUT2D eigenvalue weighted by molar-refractivity contribution is 0.277. The minimum atomic E-state index is 0.252. The van der Waals surface area contributed by atoms with Gasteiger partial charge in [0.15, 0.2) is 5.65 Å². The highest BCUT2D eigenvalue weighted by Crippen LogP contribution is 2.39. The van der Waals surface area contributed by atoms with Gasteiger partial charge in [-0.15, -0.1) is 0 Å². The molecule has 0 saturated heterocycles. The smallest absolute Gasteiger partial charge is 0.180 e. The van der Waals surface area contributed by atoms with Crippen LogP contribution in [0.25, 0.3) is 11.2 Å². The molecular weight excluding hydrogens is 308 g/mol. The van der Waals surface area contributed by atoms with Gasteiger partial charge in [-0.1, -0.05) is 30.2 Å². The van der Waals surface area contributed by atoms with E-state index >= 15 is 0 Å². The zero-order valence-corrected chi connectivity index (χ0v) is 13.4. The molecule has 1 atom stereocenters. The van der Waals surface area contributed by atoms with E-state index in [0.29, 0.717) is 11.6 Å². The number of anilines is 1. The Bertz CT molecular complexity index is 815. The first-order valence-corrected chi connectivity index (χ1v) is 8.27. The van der Waals surface area contributed by atoms with Gasteiger partial charge < -0.3 is 5.32 Å². The fraction of sp³-hybridized carbons (Fsp3) is 0.278. The van der Waals surface area contributed by atoms with Gasteiger partial charge in [0, 0.05) is 17.4 Å². The normalized spacial score (nSPS) is 16.0. The molecule has 1 N–H and O–H groups in total. The summed E-state index contributed by atoms with van der Waals surface area (Å²) in [6.07, 6.45) is 7.14. The van der Waals surface area contributed by atoms with Crippen molar-refractivity contribution in [2.75, 3.05) is 5.32 Å². The summed E-state index contributed by atoms with van der Waals surface area (Å²) in [4.78, 5) is 13.1. The standard InChI is InChI=1S/C18H17ClN4/c19-14-6-4-13(5-7-14)17(12-2-1-3-12)22-16-9-8-15-18(23-16)21-11-10-20-15/h4-12,17H,1-3H2,(H,21,22,23). The Kier molecular flexibility index (Phi) is 3.83. The maximum Gasteiger partial charge on any atom is 0.180 e. The van der Waals surface area contributed by atoms with Crippen LogP contribution in [0.2, 0.25) is 5.02 Å². The van der Waals surface area contributed by atoms with Crippen LogP contribution in [0.15, 0.2) is 48.8 Å². The number of hydrogen-bond acceptors (Lipinski definition) is 4. The van der Waals surface area contributed by atoms with Gasteiger partial charge in [0.1, 0.15) is 11.3 Å². The lowest BCUT2D eigenvalue weighted by Gasteiger charge is -2.35. The van der Waals surface area contributed by atoms with Crippen molar-refractivity contribution in [2.24, 2.45) is 5.92 Å². The highest BCUT2D eigenvalue weighted by molar-refractivity contribution is 6.30. The topological polar surface area (TPSA) is 50.7 Å². The van der Waals surface area contributed by atoms with E-state index in [9.17, 15) is 0 Å². The Morgan fingerprint density at radius 1 is 1.00 bits per heavy atom. The van der Waals surface area contributed by atoms with Crippen LogP contribution < -0.4 is 5.32 Å². The summed E-state index contributed by atoms with van der Waals surface area (Å²) in [5.41, 5.74) is 2.73. The summed E-state index contributed by atoms with van der Waals surface area (Å²) in [5.74, 6) is 1.47.